The van der Waals surface area contributed by atoms with Crippen LogP contribution in [0, 0.1) is 0 Å². The van der Waals surface area contributed by atoms with Crippen molar-refractivity contribution >= 4 is 22.8 Å². The number of fused-ring (bicyclic) bond motifs is 1. The van der Waals surface area contributed by atoms with Crippen LogP contribution in [0.25, 0.3) is 11.2 Å². The lowest BCUT2D eigenvalue weighted by Gasteiger charge is -2.37. The molecule has 140 valence electrons. The Hall–Kier alpha value is -3.50. The Labute approximate surface area is 173 Å². The van der Waals surface area contributed by atoms with Gasteiger partial charge in [-0.05, 0) is 16.7 Å². The highest BCUT2D eigenvalue weighted by molar-refractivity contribution is 6.33. The molecule has 5 heteroatoms. The summed E-state index contributed by atoms with van der Waals surface area (Å²) in [4.78, 5) is 13.2. The first-order chi connectivity index (χ1) is 14.3. The minimum Gasteiger partial charge on any atom is -0.296 e. The number of hydrogen-bond donors (Lipinski definition) is 0. The third-order valence-corrected chi connectivity index (χ3v) is 5.50. The summed E-state index contributed by atoms with van der Waals surface area (Å²) in [6.45, 7) is 0. The van der Waals surface area contributed by atoms with E-state index in [0.717, 1.165) is 16.7 Å². The van der Waals surface area contributed by atoms with Crippen molar-refractivity contribution in [2.75, 3.05) is 0 Å². The van der Waals surface area contributed by atoms with Gasteiger partial charge in [0.1, 0.15) is 17.4 Å². The Morgan fingerprint density at radius 2 is 1.10 bits per heavy atom. The van der Waals surface area contributed by atoms with Gasteiger partial charge in [0.05, 0.1) is 6.33 Å². The highest BCUT2D eigenvalue weighted by atomic mass is 35.5. The lowest BCUT2D eigenvalue weighted by Crippen LogP contribution is -2.37. The Bertz CT molecular complexity index is 1150. The molecule has 0 aliphatic carbocycles. The molecule has 29 heavy (non-hydrogen) atoms. The zero-order valence-corrected chi connectivity index (χ0v) is 16.2. The van der Waals surface area contributed by atoms with Gasteiger partial charge >= 0.3 is 0 Å². The van der Waals surface area contributed by atoms with Crippen molar-refractivity contribution in [3.8, 4) is 0 Å². The van der Waals surface area contributed by atoms with E-state index < -0.39 is 5.54 Å². The number of imidazole rings is 1. The van der Waals surface area contributed by atoms with E-state index in [2.05, 4.69) is 92.3 Å². The summed E-state index contributed by atoms with van der Waals surface area (Å²) in [6.07, 6.45) is 3.28. The maximum Gasteiger partial charge on any atom is 0.166 e. The number of halogens is 1. The SMILES string of the molecule is Clc1ncnc2c1ncn2C(c1ccccc1)(c1ccccc1)c1ccccc1. The van der Waals surface area contributed by atoms with Crippen molar-refractivity contribution in [3.05, 3.63) is 125 Å². The summed E-state index contributed by atoms with van der Waals surface area (Å²) >= 11 is 6.33. The molecule has 2 aromatic heterocycles. The van der Waals surface area contributed by atoms with E-state index in [1.807, 2.05) is 18.2 Å². The van der Waals surface area contributed by atoms with E-state index in [0.29, 0.717) is 16.3 Å². The van der Waals surface area contributed by atoms with Crippen LogP contribution in [-0.4, -0.2) is 19.5 Å². The molecule has 0 fully saturated rings. The Kier molecular flexibility index (Phi) is 4.34. The molecular formula is C24H17ClN4. The van der Waals surface area contributed by atoms with E-state index >= 15 is 0 Å². The molecule has 0 aliphatic heterocycles. The van der Waals surface area contributed by atoms with Crippen LogP contribution < -0.4 is 0 Å². The van der Waals surface area contributed by atoms with Gasteiger partial charge in [-0.1, -0.05) is 103 Å². The largest absolute Gasteiger partial charge is 0.296 e. The fraction of sp³-hybridized carbons (Fsp3) is 0.0417. The molecule has 0 aliphatic rings. The zero-order valence-electron chi connectivity index (χ0n) is 15.5. The molecule has 0 spiro atoms. The third kappa shape index (κ3) is 2.72. The second-order valence-corrected chi connectivity index (χ2v) is 7.12. The summed E-state index contributed by atoms with van der Waals surface area (Å²) in [5, 5.41) is 0.344. The Balaban J connectivity index is 1.97. The molecule has 3 aromatic carbocycles. The smallest absolute Gasteiger partial charge is 0.166 e. The van der Waals surface area contributed by atoms with Crippen molar-refractivity contribution in [2.24, 2.45) is 0 Å². The average Bonchev–Trinajstić information content (AvgIpc) is 3.23. The Morgan fingerprint density at radius 3 is 1.59 bits per heavy atom. The van der Waals surface area contributed by atoms with Crippen LogP contribution in [0.2, 0.25) is 5.15 Å². The fourth-order valence-corrected chi connectivity index (χ4v) is 4.18. The lowest BCUT2D eigenvalue weighted by molar-refractivity contribution is 0.526. The number of benzene rings is 3. The first-order valence-corrected chi connectivity index (χ1v) is 9.70. The average molecular weight is 397 g/mol. The molecule has 0 bridgehead atoms. The van der Waals surface area contributed by atoms with Crippen LogP contribution in [-0.2, 0) is 5.54 Å². The second-order valence-electron chi connectivity index (χ2n) is 6.76. The number of hydrogen-bond acceptors (Lipinski definition) is 3. The number of aromatic nitrogens is 4. The van der Waals surface area contributed by atoms with Crippen molar-refractivity contribution in [1.82, 2.24) is 19.5 Å². The van der Waals surface area contributed by atoms with Gasteiger partial charge in [-0.25, -0.2) is 15.0 Å². The fourth-order valence-electron chi connectivity index (χ4n) is 4.01. The van der Waals surface area contributed by atoms with E-state index in [1.54, 1.807) is 6.33 Å². The van der Waals surface area contributed by atoms with Gasteiger partial charge in [0.2, 0.25) is 0 Å². The Morgan fingerprint density at radius 1 is 0.621 bits per heavy atom. The normalized spacial score (nSPS) is 11.6. The maximum atomic E-state index is 6.33. The van der Waals surface area contributed by atoms with Crippen LogP contribution in [0.4, 0.5) is 0 Å². The van der Waals surface area contributed by atoms with Crippen LogP contribution in [0.15, 0.2) is 104 Å². The molecule has 5 rings (SSSR count). The molecule has 0 amide bonds. The second kappa shape index (κ2) is 7.15. The van der Waals surface area contributed by atoms with Gasteiger partial charge < -0.3 is 0 Å². The quantitative estimate of drug-likeness (QED) is 0.305. The van der Waals surface area contributed by atoms with Gasteiger partial charge in [-0.2, -0.15) is 0 Å². The van der Waals surface area contributed by atoms with Crippen LogP contribution in [0.3, 0.4) is 0 Å². The number of nitrogens with zero attached hydrogens (tertiary/aromatic N) is 4. The maximum absolute atomic E-state index is 6.33. The number of rotatable bonds is 4. The minimum atomic E-state index is -0.670. The standard InChI is InChI=1S/C24H17ClN4/c25-22-21-23(27-16-26-22)29(17-28-21)24(18-10-4-1-5-11-18,19-12-6-2-7-13-19)20-14-8-3-9-15-20/h1-17H. The lowest BCUT2D eigenvalue weighted by atomic mass is 9.76. The molecule has 0 N–H and O–H groups in total. The van der Waals surface area contributed by atoms with Gasteiger partial charge in [-0.3, -0.25) is 4.57 Å². The summed E-state index contributed by atoms with van der Waals surface area (Å²) < 4.78 is 2.09. The summed E-state index contributed by atoms with van der Waals surface area (Å²) in [5.41, 5.74) is 3.91. The van der Waals surface area contributed by atoms with Gasteiger partial charge in [0.15, 0.2) is 10.8 Å². The van der Waals surface area contributed by atoms with E-state index in [4.69, 9.17) is 11.6 Å². The van der Waals surface area contributed by atoms with E-state index in [1.165, 1.54) is 6.33 Å². The molecule has 5 aromatic rings. The predicted octanol–water partition coefficient (Wildman–Crippen LogP) is 5.32. The topological polar surface area (TPSA) is 43.6 Å². The van der Waals surface area contributed by atoms with Gasteiger partial charge in [0, 0.05) is 0 Å². The minimum absolute atomic E-state index is 0.344. The predicted molar refractivity (Wildman–Crippen MR) is 115 cm³/mol. The van der Waals surface area contributed by atoms with Crippen LogP contribution >= 0.6 is 11.6 Å². The van der Waals surface area contributed by atoms with Gasteiger partial charge in [0.25, 0.3) is 0 Å². The van der Waals surface area contributed by atoms with Crippen molar-refractivity contribution in [3.63, 3.8) is 0 Å². The summed E-state index contributed by atoms with van der Waals surface area (Å²) in [5.74, 6) is 0. The first-order valence-electron chi connectivity index (χ1n) is 9.32. The zero-order chi connectivity index (χ0) is 19.7. The molecule has 0 radical (unpaired) electrons. The molecule has 2 heterocycles. The molecule has 0 unspecified atom stereocenters. The van der Waals surface area contributed by atoms with Crippen molar-refractivity contribution in [1.29, 1.82) is 0 Å². The van der Waals surface area contributed by atoms with Crippen molar-refractivity contribution in [2.45, 2.75) is 5.54 Å². The highest BCUT2D eigenvalue weighted by Gasteiger charge is 2.39. The van der Waals surface area contributed by atoms with Crippen LogP contribution in [0.5, 0.6) is 0 Å². The summed E-state index contributed by atoms with van der Waals surface area (Å²) in [6, 6.07) is 31.2. The van der Waals surface area contributed by atoms with Crippen LogP contribution in [0.1, 0.15) is 16.7 Å². The molecule has 0 saturated carbocycles. The molecular weight excluding hydrogens is 380 g/mol. The highest BCUT2D eigenvalue weighted by Crippen LogP contribution is 2.42. The van der Waals surface area contributed by atoms with Crippen molar-refractivity contribution < 1.29 is 0 Å². The van der Waals surface area contributed by atoms with E-state index in [9.17, 15) is 0 Å². The summed E-state index contributed by atoms with van der Waals surface area (Å²) in [7, 11) is 0. The van der Waals surface area contributed by atoms with Gasteiger partial charge in [-0.15, -0.1) is 0 Å². The molecule has 0 atom stereocenters. The van der Waals surface area contributed by atoms with E-state index in [-0.39, 0.29) is 0 Å². The first kappa shape index (κ1) is 17.6. The monoisotopic (exact) mass is 396 g/mol. The molecule has 0 saturated heterocycles. The third-order valence-electron chi connectivity index (χ3n) is 5.22. The molecule has 4 nitrogen and oxygen atoms in total.